The van der Waals surface area contributed by atoms with Crippen molar-refractivity contribution in [2.75, 3.05) is 5.32 Å². The molecule has 92 valence electrons. The Morgan fingerprint density at radius 1 is 1.22 bits per heavy atom. The maximum atomic E-state index is 11.7. The Kier molecular flexibility index (Phi) is 3.94. The second-order valence-corrected chi connectivity index (χ2v) is 4.67. The van der Waals surface area contributed by atoms with E-state index in [1.807, 2.05) is 6.07 Å². The van der Waals surface area contributed by atoms with Crippen molar-refractivity contribution in [3.05, 3.63) is 52.6 Å². The lowest BCUT2D eigenvalue weighted by Crippen LogP contribution is -2.15. The predicted octanol–water partition coefficient (Wildman–Crippen LogP) is 2.73. The zero-order valence-electron chi connectivity index (χ0n) is 9.43. The van der Waals surface area contributed by atoms with Gasteiger partial charge in [0, 0.05) is 10.7 Å². The highest BCUT2D eigenvalue weighted by atomic mass is 79.9. The van der Waals surface area contributed by atoms with E-state index in [1.165, 1.54) is 0 Å². The van der Waals surface area contributed by atoms with Gasteiger partial charge in [-0.1, -0.05) is 12.1 Å². The Bertz CT molecular complexity index is 488. The number of halogens is 1. The van der Waals surface area contributed by atoms with Gasteiger partial charge < -0.3 is 10.4 Å². The van der Waals surface area contributed by atoms with E-state index < -0.39 is 0 Å². The van der Waals surface area contributed by atoms with Crippen molar-refractivity contribution in [2.24, 2.45) is 0 Å². The molecule has 1 aromatic heterocycles. The molecule has 0 saturated heterocycles. The van der Waals surface area contributed by atoms with Gasteiger partial charge in [-0.3, -0.25) is 4.79 Å². The van der Waals surface area contributed by atoms with Crippen molar-refractivity contribution in [2.45, 2.75) is 6.42 Å². The molecule has 0 radical (unpaired) electrons. The lowest BCUT2D eigenvalue weighted by molar-refractivity contribution is -0.115. The van der Waals surface area contributed by atoms with Gasteiger partial charge in [-0.05, 0) is 45.8 Å². The van der Waals surface area contributed by atoms with Crippen LogP contribution >= 0.6 is 15.9 Å². The predicted molar refractivity (Wildman–Crippen MR) is 72.4 cm³/mol. The van der Waals surface area contributed by atoms with Gasteiger partial charge in [0.15, 0.2) is 0 Å². The first kappa shape index (κ1) is 12.6. The van der Waals surface area contributed by atoms with Crippen LogP contribution in [0.1, 0.15) is 5.56 Å². The van der Waals surface area contributed by atoms with Crippen LogP contribution in [0, 0.1) is 0 Å². The van der Waals surface area contributed by atoms with E-state index >= 15 is 0 Å². The van der Waals surface area contributed by atoms with Crippen molar-refractivity contribution in [3.63, 3.8) is 0 Å². The smallest absolute Gasteiger partial charge is 0.229 e. The number of amides is 1. The molecule has 18 heavy (non-hydrogen) atoms. The number of rotatable bonds is 3. The molecule has 0 atom stereocenters. The SMILES string of the molecule is O=C(Cc1ccc(O)cc1)Nc1ccc(Br)cn1. The van der Waals surface area contributed by atoms with Crippen LogP contribution in [-0.2, 0) is 11.2 Å². The van der Waals surface area contributed by atoms with Crippen molar-refractivity contribution in [1.29, 1.82) is 0 Å². The average Bonchev–Trinajstić information content (AvgIpc) is 2.35. The summed E-state index contributed by atoms with van der Waals surface area (Å²) in [5.41, 5.74) is 0.836. The summed E-state index contributed by atoms with van der Waals surface area (Å²) in [4.78, 5) is 15.8. The highest BCUT2D eigenvalue weighted by Gasteiger charge is 2.04. The largest absolute Gasteiger partial charge is 0.508 e. The molecule has 4 nitrogen and oxygen atoms in total. The topological polar surface area (TPSA) is 62.2 Å². The number of benzene rings is 1. The van der Waals surface area contributed by atoms with Gasteiger partial charge in [0.05, 0.1) is 6.42 Å². The average molecular weight is 307 g/mol. The van der Waals surface area contributed by atoms with E-state index in [1.54, 1.807) is 36.5 Å². The van der Waals surface area contributed by atoms with Crippen LogP contribution in [0.3, 0.4) is 0 Å². The summed E-state index contributed by atoms with van der Waals surface area (Å²) >= 11 is 3.27. The zero-order chi connectivity index (χ0) is 13.0. The summed E-state index contributed by atoms with van der Waals surface area (Å²) in [5.74, 6) is 0.561. The number of carbonyl (C=O) groups excluding carboxylic acids is 1. The van der Waals surface area contributed by atoms with Crippen molar-refractivity contribution in [1.82, 2.24) is 4.98 Å². The summed E-state index contributed by atoms with van der Waals surface area (Å²) in [7, 11) is 0. The number of aromatic hydroxyl groups is 1. The van der Waals surface area contributed by atoms with Crippen LogP contribution in [0.5, 0.6) is 5.75 Å². The molecule has 2 aromatic rings. The molecule has 5 heteroatoms. The van der Waals surface area contributed by atoms with Crippen LogP contribution in [0.25, 0.3) is 0 Å². The second kappa shape index (κ2) is 5.64. The normalized spacial score (nSPS) is 10.1. The second-order valence-electron chi connectivity index (χ2n) is 3.75. The molecule has 0 fully saturated rings. The molecule has 1 heterocycles. The van der Waals surface area contributed by atoms with E-state index in [-0.39, 0.29) is 18.1 Å². The van der Waals surface area contributed by atoms with Gasteiger partial charge in [0.25, 0.3) is 0 Å². The fraction of sp³-hybridized carbons (Fsp3) is 0.0769. The summed E-state index contributed by atoms with van der Waals surface area (Å²) in [6.07, 6.45) is 1.87. The zero-order valence-corrected chi connectivity index (χ0v) is 11.0. The van der Waals surface area contributed by atoms with E-state index in [9.17, 15) is 4.79 Å². The Morgan fingerprint density at radius 3 is 2.56 bits per heavy atom. The lowest BCUT2D eigenvalue weighted by Gasteiger charge is -2.04. The first-order chi connectivity index (χ1) is 8.63. The quantitative estimate of drug-likeness (QED) is 0.916. The summed E-state index contributed by atoms with van der Waals surface area (Å²) in [5, 5.41) is 11.8. The monoisotopic (exact) mass is 306 g/mol. The van der Waals surface area contributed by atoms with Crippen LogP contribution in [0.15, 0.2) is 47.1 Å². The van der Waals surface area contributed by atoms with E-state index in [4.69, 9.17) is 5.11 Å². The van der Waals surface area contributed by atoms with Crippen LogP contribution < -0.4 is 5.32 Å². The third-order valence-electron chi connectivity index (χ3n) is 2.30. The maximum Gasteiger partial charge on any atom is 0.229 e. The number of hydrogen-bond acceptors (Lipinski definition) is 3. The Balaban J connectivity index is 1.96. The van der Waals surface area contributed by atoms with Crippen molar-refractivity contribution >= 4 is 27.7 Å². The third-order valence-corrected chi connectivity index (χ3v) is 2.76. The molecule has 0 bridgehead atoms. The molecule has 1 amide bonds. The number of aromatic nitrogens is 1. The number of nitrogens with one attached hydrogen (secondary N) is 1. The van der Waals surface area contributed by atoms with Gasteiger partial charge in [-0.25, -0.2) is 4.98 Å². The molecular weight excluding hydrogens is 296 g/mol. The molecule has 0 spiro atoms. The molecule has 2 N–H and O–H groups in total. The minimum atomic E-state index is -0.143. The highest BCUT2D eigenvalue weighted by Crippen LogP contribution is 2.12. The molecule has 0 unspecified atom stereocenters. The van der Waals surface area contributed by atoms with Crippen molar-refractivity contribution in [3.8, 4) is 5.75 Å². The summed E-state index contributed by atoms with van der Waals surface area (Å²) < 4.78 is 0.860. The number of phenols is 1. The van der Waals surface area contributed by atoms with Gasteiger partial charge in [-0.2, -0.15) is 0 Å². The first-order valence-corrected chi connectivity index (χ1v) is 6.12. The summed E-state index contributed by atoms with van der Waals surface area (Å²) in [6, 6.07) is 10.1. The minimum Gasteiger partial charge on any atom is -0.508 e. The standard InChI is InChI=1S/C13H11BrN2O2/c14-10-3-6-12(15-8-10)16-13(18)7-9-1-4-11(17)5-2-9/h1-6,8,17H,7H2,(H,15,16,18). The van der Waals surface area contributed by atoms with Gasteiger partial charge >= 0.3 is 0 Å². The van der Waals surface area contributed by atoms with Gasteiger partial charge in [0.1, 0.15) is 11.6 Å². The molecule has 2 rings (SSSR count). The Hall–Kier alpha value is -1.88. The third kappa shape index (κ3) is 3.56. The van der Waals surface area contributed by atoms with Gasteiger partial charge in [-0.15, -0.1) is 0 Å². The van der Waals surface area contributed by atoms with Crippen LogP contribution in [-0.4, -0.2) is 16.0 Å². The van der Waals surface area contributed by atoms with Crippen LogP contribution in [0.4, 0.5) is 5.82 Å². The van der Waals surface area contributed by atoms with E-state index in [2.05, 4.69) is 26.2 Å². The fourth-order valence-corrected chi connectivity index (χ4v) is 1.67. The number of hydrogen-bond donors (Lipinski definition) is 2. The molecule has 0 aliphatic heterocycles. The number of anilines is 1. The summed E-state index contributed by atoms with van der Waals surface area (Å²) in [6.45, 7) is 0. The fourth-order valence-electron chi connectivity index (χ4n) is 1.44. The van der Waals surface area contributed by atoms with Gasteiger partial charge in [0.2, 0.25) is 5.91 Å². The molecule has 0 aliphatic rings. The van der Waals surface area contributed by atoms with E-state index in [0.29, 0.717) is 5.82 Å². The Labute approximate surface area is 113 Å². The Morgan fingerprint density at radius 2 is 1.94 bits per heavy atom. The van der Waals surface area contributed by atoms with Crippen LogP contribution in [0.2, 0.25) is 0 Å². The molecule has 0 aliphatic carbocycles. The minimum absolute atomic E-state index is 0.143. The molecule has 0 saturated carbocycles. The van der Waals surface area contributed by atoms with Crippen molar-refractivity contribution < 1.29 is 9.90 Å². The molecule has 1 aromatic carbocycles. The number of phenolic OH excluding ortho intramolecular Hbond substituents is 1. The molecular formula is C13H11BrN2O2. The maximum absolute atomic E-state index is 11.7. The number of pyridine rings is 1. The highest BCUT2D eigenvalue weighted by molar-refractivity contribution is 9.10. The number of carbonyl (C=O) groups is 1. The first-order valence-electron chi connectivity index (χ1n) is 5.33. The lowest BCUT2D eigenvalue weighted by atomic mass is 10.1. The van der Waals surface area contributed by atoms with E-state index in [0.717, 1.165) is 10.0 Å². The number of nitrogens with zero attached hydrogens (tertiary/aromatic N) is 1.